The number of likely N-dealkylation sites (N-methyl/N-ethyl adjacent to an activating group) is 1. The maximum Gasteiger partial charge on any atom is 0.340 e. The normalized spacial score (nSPS) is 10.8. The van der Waals surface area contributed by atoms with Gasteiger partial charge in [0.15, 0.2) is 6.61 Å². The molecule has 0 aliphatic rings. The summed E-state index contributed by atoms with van der Waals surface area (Å²) in [6.45, 7) is 2.69. The Kier molecular flexibility index (Phi) is 5.54. The van der Waals surface area contributed by atoms with E-state index in [1.807, 2.05) is 35.8 Å². The Hall–Kier alpha value is -3.15. The van der Waals surface area contributed by atoms with E-state index in [4.69, 9.17) is 4.74 Å². The number of esters is 1. The second-order valence-corrected chi connectivity index (χ2v) is 6.30. The fourth-order valence-corrected chi connectivity index (χ4v) is 2.94. The number of carbonyl (C=O) groups excluding carboxylic acids is 2. The van der Waals surface area contributed by atoms with Crippen molar-refractivity contribution in [2.24, 2.45) is 0 Å². The number of halogens is 1. The minimum absolute atomic E-state index is 0.311. The van der Waals surface area contributed by atoms with Gasteiger partial charge in [0, 0.05) is 37.2 Å². The van der Waals surface area contributed by atoms with Crippen LogP contribution in [-0.2, 0) is 22.6 Å². The molecule has 0 aliphatic carbocycles. The molecule has 3 rings (SSSR count). The van der Waals surface area contributed by atoms with E-state index in [1.165, 1.54) is 17.0 Å². The average molecular weight is 368 g/mol. The van der Waals surface area contributed by atoms with Crippen molar-refractivity contribution >= 4 is 22.8 Å². The molecule has 0 fully saturated rings. The second-order valence-electron chi connectivity index (χ2n) is 6.30. The van der Waals surface area contributed by atoms with Gasteiger partial charge in [-0.15, -0.1) is 0 Å². The molecule has 5 nitrogen and oxygen atoms in total. The zero-order chi connectivity index (χ0) is 19.4. The summed E-state index contributed by atoms with van der Waals surface area (Å²) in [5, 5.41) is 0.802. The van der Waals surface area contributed by atoms with Crippen molar-refractivity contribution in [3.63, 3.8) is 0 Å². The number of hydrogen-bond donors (Lipinski definition) is 0. The summed E-state index contributed by atoms with van der Waals surface area (Å²) in [6.07, 6.45) is 1.75. The largest absolute Gasteiger partial charge is 0.452 e. The van der Waals surface area contributed by atoms with Crippen molar-refractivity contribution < 1.29 is 18.7 Å². The van der Waals surface area contributed by atoms with Gasteiger partial charge in [0.05, 0.1) is 5.56 Å². The summed E-state index contributed by atoms with van der Waals surface area (Å²) in [7, 11) is 1.61. The highest BCUT2D eigenvalue weighted by molar-refractivity contribution is 6.04. The molecule has 2 aromatic carbocycles. The van der Waals surface area contributed by atoms with Crippen LogP contribution < -0.4 is 0 Å². The lowest BCUT2D eigenvalue weighted by molar-refractivity contribution is -0.133. The number of nitrogens with zero attached hydrogens (tertiary/aromatic N) is 2. The third-order valence-corrected chi connectivity index (χ3v) is 4.43. The Bertz CT molecular complexity index is 963. The van der Waals surface area contributed by atoms with Crippen molar-refractivity contribution in [2.45, 2.75) is 20.0 Å². The van der Waals surface area contributed by atoms with Gasteiger partial charge in [-0.25, -0.2) is 9.18 Å². The minimum atomic E-state index is -0.526. The first-order valence-electron chi connectivity index (χ1n) is 8.73. The van der Waals surface area contributed by atoms with Crippen LogP contribution in [0.3, 0.4) is 0 Å². The average Bonchev–Trinajstić information content (AvgIpc) is 3.06. The lowest BCUT2D eigenvalue weighted by Crippen LogP contribution is -2.30. The van der Waals surface area contributed by atoms with Crippen LogP contribution in [0.2, 0.25) is 0 Å². The first-order chi connectivity index (χ1) is 13.0. The highest BCUT2D eigenvalue weighted by Crippen LogP contribution is 2.22. The molecular formula is C21H21FN2O3. The Labute approximate surface area is 157 Å². The van der Waals surface area contributed by atoms with Crippen LogP contribution in [0.5, 0.6) is 0 Å². The standard InChI is InChI=1S/C21H21FN2O3/c1-3-24-13-18(17-6-4-5-7-19(17)24)21(26)27-14-20(25)23(2)12-15-8-10-16(22)11-9-15/h4-11,13H,3,12,14H2,1-2H3. The first-order valence-corrected chi connectivity index (χ1v) is 8.73. The number of hydrogen-bond acceptors (Lipinski definition) is 3. The lowest BCUT2D eigenvalue weighted by atomic mass is 10.2. The third kappa shape index (κ3) is 4.16. The topological polar surface area (TPSA) is 51.5 Å². The van der Waals surface area contributed by atoms with Crippen LogP contribution >= 0.6 is 0 Å². The molecule has 3 aromatic rings. The predicted octanol–water partition coefficient (Wildman–Crippen LogP) is 3.62. The number of benzene rings is 2. The van der Waals surface area contributed by atoms with Crippen molar-refractivity contribution in [3.8, 4) is 0 Å². The second kappa shape index (κ2) is 8.03. The lowest BCUT2D eigenvalue weighted by Gasteiger charge is -2.17. The molecular weight excluding hydrogens is 347 g/mol. The van der Waals surface area contributed by atoms with Crippen LogP contribution in [0, 0.1) is 5.82 Å². The molecule has 0 atom stereocenters. The van der Waals surface area contributed by atoms with Gasteiger partial charge in [-0.3, -0.25) is 4.79 Å². The summed E-state index contributed by atoms with van der Waals surface area (Å²) in [6, 6.07) is 13.5. The zero-order valence-corrected chi connectivity index (χ0v) is 15.3. The summed E-state index contributed by atoms with van der Waals surface area (Å²) in [4.78, 5) is 26.1. The minimum Gasteiger partial charge on any atom is -0.452 e. The number of fused-ring (bicyclic) bond motifs is 1. The fourth-order valence-electron chi connectivity index (χ4n) is 2.94. The molecule has 0 saturated carbocycles. The van der Waals surface area contributed by atoms with Gasteiger partial charge in [-0.2, -0.15) is 0 Å². The van der Waals surface area contributed by atoms with Gasteiger partial charge in [0.25, 0.3) is 5.91 Å². The molecule has 0 unspecified atom stereocenters. The number of amides is 1. The molecule has 0 bridgehead atoms. The first kappa shape index (κ1) is 18.6. The molecule has 140 valence electrons. The zero-order valence-electron chi connectivity index (χ0n) is 15.3. The molecule has 1 amide bonds. The molecule has 0 N–H and O–H groups in total. The highest BCUT2D eigenvalue weighted by atomic mass is 19.1. The SMILES string of the molecule is CCn1cc(C(=O)OCC(=O)N(C)Cc2ccc(F)cc2)c2ccccc21. The van der Waals surface area contributed by atoms with E-state index in [2.05, 4.69) is 0 Å². The van der Waals surface area contributed by atoms with Gasteiger partial charge in [0.2, 0.25) is 0 Å². The highest BCUT2D eigenvalue weighted by Gasteiger charge is 2.18. The van der Waals surface area contributed by atoms with Crippen LogP contribution in [0.25, 0.3) is 10.9 Å². The van der Waals surface area contributed by atoms with Crippen molar-refractivity contribution in [3.05, 3.63) is 71.7 Å². The van der Waals surface area contributed by atoms with Crippen LogP contribution in [0.1, 0.15) is 22.8 Å². The monoisotopic (exact) mass is 368 g/mol. The molecule has 0 aliphatic heterocycles. The maximum atomic E-state index is 13.0. The van der Waals surface area contributed by atoms with E-state index >= 15 is 0 Å². The van der Waals surface area contributed by atoms with E-state index in [1.54, 1.807) is 25.4 Å². The summed E-state index contributed by atoms with van der Waals surface area (Å²) in [5.74, 6) is -1.18. The molecule has 27 heavy (non-hydrogen) atoms. The molecule has 0 radical (unpaired) electrons. The fraction of sp³-hybridized carbons (Fsp3) is 0.238. The number of para-hydroxylation sites is 1. The van der Waals surface area contributed by atoms with Crippen LogP contribution in [0.4, 0.5) is 4.39 Å². The van der Waals surface area contributed by atoms with Crippen molar-refractivity contribution in [2.75, 3.05) is 13.7 Å². The Balaban J connectivity index is 1.63. The molecule has 1 aromatic heterocycles. The van der Waals surface area contributed by atoms with E-state index < -0.39 is 5.97 Å². The van der Waals surface area contributed by atoms with Gasteiger partial charge in [-0.05, 0) is 30.7 Å². The summed E-state index contributed by atoms with van der Waals surface area (Å²) in [5.41, 5.74) is 2.19. The molecule has 1 heterocycles. The van der Waals surface area contributed by atoms with E-state index in [0.717, 1.165) is 23.0 Å². The Morgan fingerprint density at radius 3 is 2.52 bits per heavy atom. The number of rotatable bonds is 6. The Morgan fingerprint density at radius 1 is 1.11 bits per heavy atom. The van der Waals surface area contributed by atoms with Gasteiger partial charge < -0.3 is 14.2 Å². The smallest absolute Gasteiger partial charge is 0.340 e. The van der Waals surface area contributed by atoms with Gasteiger partial charge in [0.1, 0.15) is 5.82 Å². The van der Waals surface area contributed by atoms with Gasteiger partial charge >= 0.3 is 5.97 Å². The van der Waals surface area contributed by atoms with Crippen LogP contribution in [0.15, 0.2) is 54.7 Å². The van der Waals surface area contributed by atoms with Gasteiger partial charge in [-0.1, -0.05) is 30.3 Å². The number of ether oxygens (including phenoxy) is 1. The number of carbonyl (C=O) groups is 2. The molecule has 6 heteroatoms. The van der Waals surface area contributed by atoms with Crippen molar-refractivity contribution in [1.29, 1.82) is 0 Å². The quantitative estimate of drug-likeness (QED) is 0.625. The van der Waals surface area contributed by atoms with E-state index in [9.17, 15) is 14.0 Å². The predicted molar refractivity (Wildman–Crippen MR) is 101 cm³/mol. The Morgan fingerprint density at radius 2 is 1.81 bits per heavy atom. The number of aromatic nitrogens is 1. The summed E-state index contributed by atoms with van der Waals surface area (Å²) < 4.78 is 20.1. The third-order valence-electron chi connectivity index (χ3n) is 4.43. The maximum absolute atomic E-state index is 13.0. The van der Waals surface area contributed by atoms with Crippen LogP contribution in [-0.4, -0.2) is 35.0 Å². The molecule has 0 saturated heterocycles. The number of aryl methyl sites for hydroxylation is 1. The van der Waals surface area contributed by atoms with E-state index in [0.29, 0.717) is 12.1 Å². The molecule has 0 spiro atoms. The van der Waals surface area contributed by atoms with E-state index in [-0.39, 0.29) is 18.3 Å². The summed E-state index contributed by atoms with van der Waals surface area (Å²) >= 11 is 0. The van der Waals surface area contributed by atoms with Crippen molar-refractivity contribution in [1.82, 2.24) is 9.47 Å².